The van der Waals surface area contributed by atoms with Crippen LogP contribution in [0.4, 0.5) is 13.2 Å². The van der Waals surface area contributed by atoms with Gasteiger partial charge in [-0.15, -0.1) is 13.2 Å². The van der Waals surface area contributed by atoms with Crippen LogP contribution in [-0.2, 0) is 16.1 Å². The highest BCUT2D eigenvalue weighted by Gasteiger charge is 2.39. The lowest BCUT2D eigenvalue weighted by Crippen LogP contribution is -2.68. The van der Waals surface area contributed by atoms with Crippen molar-refractivity contribution >= 4 is 18.0 Å². The van der Waals surface area contributed by atoms with Gasteiger partial charge in [0, 0.05) is 25.4 Å². The molecule has 1 atom stereocenters. The average Bonchev–Trinajstić information content (AvgIpc) is 2.53. The van der Waals surface area contributed by atoms with Crippen LogP contribution in [0.5, 0.6) is 5.75 Å². The number of hydrogen-bond donors (Lipinski definition) is 3. The average molecular weight is 384 g/mol. The normalized spacial score (nSPS) is 19.0. The number of nitrogens with zero attached hydrogens (tertiary/aromatic N) is 1. The van der Waals surface area contributed by atoms with Crippen molar-refractivity contribution in [3.8, 4) is 5.75 Å². The van der Waals surface area contributed by atoms with Gasteiger partial charge in [-0.1, -0.05) is 12.1 Å². The first-order valence-electron chi connectivity index (χ1n) is 7.92. The quantitative estimate of drug-likeness (QED) is 0.723. The summed E-state index contributed by atoms with van der Waals surface area (Å²) in [7, 11) is 0. The molecule has 0 saturated heterocycles. The van der Waals surface area contributed by atoms with Gasteiger partial charge in [0.1, 0.15) is 5.75 Å². The number of ether oxygens (including phenoxy) is 1. The van der Waals surface area contributed by atoms with E-state index in [1.807, 2.05) is 0 Å². The highest BCUT2D eigenvalue weighted by Crippen LogP contribution is 2.26. The lowest BCUT2D eigenvalue weighted by molar-refractivity contribution is -0.274. The molecule has 1 heterocycles. The Bertz CT molecular complexity index is 801. The predicted molar refractivity (Wildman–Crippen MR) is 91.6 cm³/mol. The Morgan fingerprint density at radius 2 is 2.00 bits per heavy atom. The van der Waals surface area contributed by atoms with Crippen LogP contribution in [0.3, 0.4) is 0 Å². The van der Waals surface area contributed by atoms with E-state index in [0.29, 0.717) is 11.3 Å². The molecule has 1 aliphatic rings. The summed E-state index contributed by atoms with van der Waals surface area (Å²) in [6.07, 6.45) is -2.01. The molecule has 7 nitrogen and oxygen atoms in total. The number of allylic oxidation sites excluding steroid dienone is 1. The Morgan fingerprint density at radius 3 is 2.56 bits per heavy atom. The van der Waals surface area contributed by atoms with E-state index in [0.717, 1.165) is 0 Å². The third-order valence-corrected chi connectivity index (χ3v) is 3.58. The summed E-state index contributed by atoms with van der Waals surface area (Å²) >= 11 is 0. The second-order valence-corrected chi connectivity index (χ2v) is 6.03. The molecule has 2 amide bonds. The summed E-state index contributed by atoms with van der Waals surface area (Å²) in [5.41, 5.74) is -0.134. The molecular weight excluding hydrogens is 365 g/mol. The van der Waals surface area contributed by atoms with Crippen LogP contribution in [0.1, 0.15) is 25.0 Å². The second kappa shape index (κ2) is 7.68. The highest BCUT2D eigenvalue weighted by molar-refractivity contribution is 6.06. The van der Waals surface area contributed by atoms with Crippen molar-refractivity contribution in [2.24, 2.45) is 4.99 Å². The molecule has 1 aromatic carbocycles. The minimum absolute atomic E-state index is 0.0333. The summed E-state index contributed by atoms with van der Waals surface area (Å²) in [4.78, 5) is 28.1. The fourth-order valence-corrected chi connectivity index (χ4v) is 2.53. The fraction of sp³-hybridized carbons (Fsp3) is 0.353. The Kier molecular flexibility index (Phi) is 5.77. The van der Waals surface area contributed by atoms with Crippen LogP contribution >= 0.6 is 0 Å². The van der Waals surface area contributed by atoms with Crippen molar-refractivity contribution in [1.29, 1.82) is 0 Å². The van der Waals surface area contributed by atoms with Gasteiger partial charge in [0.2, 0.25) is 11.6 Å². The van der Waals surface area contributed by atoms with Gasteiger partial charge in [-0.05, 0) is 31.0 Å². The lowest BCUT2D eigenvalue weighted by atomic mass is 10.1. The van der Waals surface area contributed by atoms with Crippen LogP contribution in [0.15, 0.2) is 35.1 Å². The van der Waals surface area contributed by atoms with Crippen LogP contribution in [-0.4, -0.2) is 30.1 Å². The SMILES string of the molecule is CC(=O)NC1(C(=O)NCc2ccc(OC(F)(F)F)c(C)c2)C=NC=C(C)N1. The Labute approximate surface area is 153 Å². The number of hydrogen-bond acceptors (Lipinski definition) is 5. The molecule has 0 aliphatic carbocycles. The van der Waals surface area contributed by atoms with Crippen LogP contribution in [0.25, 0.3) is 0 Å². The summed E-state index contributed by atoms with van der Waals surface area (Å²) in [5, 5.41) is 8.01. The predicted octanol–water partition coefficient (Wildman–Crippen LogP) is 1.88. The first-order chi connectivity index (χ1) is 12.5. The third kappa shape index (κ3) is 5.47. The summed E-state index contributed by atoms with van der Waals surface area (Å²) in [5.74, 6) is -1.32. The molecule has 146 valence electrons. The van der Waals surface area contributed by atoms with Gasteiger partial charge in [0.25, 0.3) is 5.91 Å². The number of halogens is 3. The molecule has 0 aromatic heterocycles. The summed E-state index contributed by atoms with van der Waals surface area (Å²) in [6, 6.07) is 4.06. The van der Waals surface area contributed by atoms with E-state index in [2.05, 4.69) is 25.7 Å². The first kappa shape index (κ1) is 20.3. The van der Waals surface area contributed by atoms with Crippen molar-refractivity contribution in [1.82, 2.24) is 16.0 Å². The van der Waals surface area contributed by atoms with Crippen molar-refractivity contribution in [3.05, 3.63) is 41.2 Å². The first-order valence-corrected chi connectivity index (χ1v) is 7.92. The van der Waals surface area contributed by atoms with E-state index >= 15 is 0 Å². The number of carbonyl (C=O) groups is 2. The molecule has 3 N–H and O–H groups in total. The number of benzene rings is 1. The Morgan fingerprint density at radius 1 is 1.30 bits per heavy atom. The van der Waals surface area contributed by atoms with Crippen LogP contribution < -0.4 is 20.7 Å². The van der Waals surface area contributed by atoms with Crippen molar-refractivity contribution in [2.45, 2.75) is 39.3 Å². The molecule has 0 radical (unpaired) electrons. The zero-order chi connectivity index (χ0) is 20.2. The maximum Gasteiger partial charge on any atom is 0.573 e. The van der Waals surface area contributed by atoms with E-state index < -0.39 is 23.8 Å². The molecule has 1 unspecified atom stereocenters. The maximum atomic E-state index is 12.6. The van der Waals surface area contributed by atoms with E-state index in [4.69, 9.17) is 0 Å². The van der Waals surface area contributed by atoms with Crippen LogP contribution in [0.2, 0.25) is 0 Å². The molecule has 2 rings (SSSR count). The molecule has 27 heavy (non-hydrogen) atoms. The number of rotatable bonds is 5. The van der Waals surface area contributed by atoms with Gasteiger partial charge in [0.05, 0.1) is 6.21 Å². The molecule has 0 saturated carbocycles. The third-order valence-electron chi connectivity index (χ3n) is 3.58. The number of alkyl halides is 3. The van der Waals surface area contributed by atoms with E-state index in [9.17, 15) is 22.8 Å². The number of nitrogens with one attached hydrogen (secondary N) is 3. The largest absolute Gasteiger partial charge is 0.573 e. The lowest BCUT2D eigenvalue weighted by Gasteiger charge is -2.33. The standard InChI is InChI=1S/C17H19F3N4O3/c1-10-6-13(4-5-14(10)27-17(18,19)20)8-22-15(26)16(24-12(3)25)9-21-7-11(2)23-16/h4-7,9,23H,8H2,1-3H3,(H,22,26)(H,24,25). The molecule has 0 bridgehead atoms. The summed E-state index contributed by atoms with van der Waals surface area (Å²) < 4.78 is 40.9. The molecule has 10 heteroatoms. The number of amides is 2. The van der Waals surface area contributed by atoms with Gasteiger partial charge < -0.3 is 20.7 Å². The highest BCUT2D eigenvalue weighted by atomic mass is 19.4. The molecule has 0 spiro atoms. The van der Waals surface area contributed by atoms with Crippen molar-refractivity contribution in [3.63, 3.8) is 0 Å². The number of aryl methyl sites for hydroxylation is 1. The monoisotopic (exact) mass is 384 g/mol. The van der Waals surface area contributed by atoms with Gasteiger partial charge in [0.15, 0.2) is 0 Å². The zero-order valence-corrected chi connectivity index (χ0v) is 14.9. The summed E-state index contributed by atoms with van der Waals surface area (Å²) in [6.45, 7) is 4.45. The second-order valence-electron chi connectivity index (χ2n) is 6.03. The van der Waals surface area contributed by atoms with Crippen molar-refractivity contribution < 1.29 is 27.5 Å². The Hall–Kier alpha value is -3.04. The van der Waals surface area contributed by atoms with Gasteiger partial charge in [-0.25, -0.2) is 0 Å². The Balaban J connectivity index is 2.09. The molecule has 0 fully saturated rings. The molecular formula is C17H19F3N4O3. The molecule has 1 aliphatic heterocycles. The van der Waals surface area contributed by atoms with Gasteiger partial charge >= 0.3 is 6.36 Å². The fourth-order valence-electron chi connectivity index (χ4n) is 2.53. The minimum atomic E-state index is -4.78. The van der Waals surface area contributed by atoms with Gasteiger partial charge in [-0.3, -0.25) is 14.6 Å². The number of carbonyl (C=O) groups excluding carboxylic acids is 2. The topological polar surface area (TPSA) is 91.8 Å². The zero-order valence-electron chi connectivity index (χ0n) is 14.9. The van der Waals surface area contributed by atoms with Crippen LogP contribution in [0, 0.1) is 6.92 Å². The van der Waals surface area contributed by atoms with E-state index in [1.54, 1.807) is 6.92 Å². The maximum absolute atomic E-state index is 12.6. The molecule has 1 aromatic rings. The van der Waals surface area contributed by atoms with E-state index in [-0.39, 0.29) is 17.9 Å². The number of aliphatic imine (C=N–C) groups is 1. The van der Waals surface area contributed by atoms with E-state index in [1.165, 1.54) is 44.5 Å². The minimum Gasteiger partial charge on any atom is -0.406 e. The van der Waals surface area contributed by atoms with Crippen molar-refractivity contribution in [2.75, 3.05) is 0 Å². The smallest absolute Gasteiger partial charge is 0.406 e. The van der Waals surface area contributed by atoms with Gasteiger partial charge in [-0.2, -0.15) is 0 Å².